The Morgan fingerprint density at radius 2 is 2.08 bits per heavy atom. The molecule has 3 heterocycles. The zero-order valence-electron chi connectivity index (χ0n) is 14.2. The zero-order chi connectivity index (χ0) is 17.5. The van der Waals surface area contributed by atoms with Gasteiger partial charge in [0.15, 0.2) is 5.82 Å². The van der Waals surface area contributed by atoms with Crippen LogP contribution in [0, 0.1) is 0 Å². The van der Waals surface area contributed by atoms with E-state index < -0.39 is 10.0 Å². The minimum atomic E-state index is -3.20. The highest BCUT2D eigenvalue weighted by atomic mass is 32.2. The Hall–Kier alpha value is -1.83. The second kappa shape index (κ2) is 6.16. The Morgan fingerprint density at radius 1 is 1.28 bits per heavy atom. The Balaban J connectivity index is 1.75. The molecule has 1 spiro atoms. The molecule has 2 aliphatic heterocycles. The quantitative estimate of drug-likeness (QED) is 0.838. The minimum absolute atomic E-state index is 0.121. The number of fused-ring (bicyclic) bond motifs is 2. The van der Waals surface area contributed by atoms with Crippen molar-refractivity contribution in [3.8, 4) is 11.4 Å². The summed E-state index contributed by atoms with van der Waals surface area (Å²) < 4.78 is 31.9. The summed E-state index contributed by atoms with van der Waals surface area (Å²) in [6, 6.07) is 9.85. The van der Waals surface area contributed by atoms with Crippen LogP contribution in [0.4, 0.5) is 0 Å². The topological polar surface area (TPSA) is 72.4 Å². The van der Waals surface area contributed by atoms with Crippen LogP contribution in [0.25, 0.3) is 11.4 Å². The van der Waals surface area contributed by atoms with Gasteiger partial charge in [-0.1, -0.05) is 30.3 Å². The van der Waals surface area contributed by atoms with E-state index in [2.05, 4.69) is 4.98 Å². The maximum Gasteiger partial charge on any atom is 0.213 e. The standard InChI is InChI=1S/C18H21N3O3S/c1-2-25(22,23)21-9-8-18(12-21)13-24-11-15-10-19-17(20-16(15)18)14-6-4-3-5-7-14/h3-7,10H,2,8-9,11-13H2,1H3/t18-/m1/s1. The summed E-state index contributed by atoms with van der Waals surface area (Å²) in [6.45, 7) is 3.61. The number of rotatable bonds is 3. The summed E-state index contributed by atoms with van der Waals surface area (Å²) in [4.78, 5) is 9.33. The average Bonchev–Trinajstić information content (AvgIpc) is 3.08. The molecule has 132 valence electrons. The fourth-order valence-corrected chi connectivity index (χ4v) is 4.87. The summed E-state index contributed by atoms with van der Waals surface area (Å²) in [7, 11) is -3.20. The summed E-state index contributed by atoms with van der Waals surface area (Å²) in [5, 5.41) is 0. The van der Waals surface area contributed by atoms with E-state index in [-0.39, 0.29) is 11.2 Å². The minimum Gasteiger partial charge on any atom is -0.376 e. The predicted molar refractivity (Wildman–Crippen MR) is 94.5 cm³/mol. The van der Waals surface area contributed by atoms with Gasteiger partial charge in [0.1, 0.15) is 0 Å². The van der Waals surface area contributed by atoms with Gasteiger partial charge in [0.05, 0.1) is 30.1 Å². The van der Waals surface area contributed by atoms with Crippen molar-refractivity contribution >= 4 is 10.0 Å². The number of aromatic nitrogens is 2. The average molecular weight is 359 g/mol. The SMILES string of the molecule is CCS(=O)(=O)N1CC[C@]2(COCc3cnc(-c4ccccc4)nc32)C1. The number of ether oxygens (including phenoxy) is 1. The summed E-state index contributed by atoms with van der Waals surface area (Å²) in [5.41, 5.74) is 2.49. The molecule has 0 aliphatic carbocycles. The van der Waals surface area contributed by atoms with Crippen molar-refractivity contribution in [3.05, 3.63) is 47.8 Å². The van der Waals surface area contributed by atoms with Crippen molar-refractivity contribution < 1.29 is 13.2 Å². The van der Waals surface area contributed by atoms with E-state index in [9.17, 15) is 8.42 Å². The molecule has 25 heavy (non-hydrogen) atoms. The first-order chi connectivity index (χ1) is 12.0. The second-order valence-electron chi connectivity index (χ2n) is 6.69. The van der Waals surface area contributed by atoms with Crippen molar-refractivity contribution in [2.75, 3.05) is 25.4 Å². The van der Waals surface area contributed by atoms with Crippen LogP contribution in [0.5, 0.6) is 0 Å². The van der Waals surface area contributed by atoms with E-state index in [1.807, 2.05) is 36.5 Å². The molecule has 7 heteroatoms. The lowest BCUT2D eigenvalue weighted by Crippen LogP contribution is -2.42. The van der Waals surface area contributed by atoms with Crippen LogP contribution < -0.4 is 0 Å². The third-order valence-electron chi connectivity index (χ3n) is 5.11. The largest absolute Gasteiger partial charge is 0.376 e. The first kappa shape index (κ1) is 16.6. The molecule has 1 aromatic heterocycles. The Labute approximate surface area is 147 Å². The van der Waals surface area contributed by atoms with Crippen LogP contribution in [0.1, 0.15) is 24.6 Å². The highest BCUT2D eigenvalue weighted by Gasteiger charge is 2.47. The highest BCUT2D eigenvalue weighted by Crippen LogP contribution is 2.40. The maximum atomic E-state index is 12.3. The molecular formula is C18H21N3O3S. The van der Waals surface area contributed by atoms with Gasteiger partial charge in [0, 0.05) is 30.4 Å². The van der Waals surface area contributed by atoms with E-state index in [4.69, 9.17) is 9.72 Å². The fraction of sp³-hybridized carbons (Fsp3) is 0.444. The summed E-state index contributed by atoms with van der Waals surface area (Å²) in [6.07, 6.45) is 2.55. The highest BCUT2D eigenvalue weighted by molar-refractivity contribution is 7.89. The Morgan fingerprint density at radius 3 is 2.84 bits per heavy atom. The van der Waals surface area contributed by atoms with Gasteiger partial charge in [-0.3, -0.25) is 0 Å². The molecule has 1 atom stereocenters. The normalized spacial score (nSPS) is 23.7. The number of benzene rings is 1. The molecule has 2 aromatic rings. The van der Waals surface area contributed by atoms with Crippen molar-refractivity contribution in [2.24, 2.45) is 0 Å². The molecule has 0 saturated carbocycles. The molecular weight excluding hydrogens is 338 g/mol. The lowest BCUT2D eigenvalue weighted by atomic mass is 9.80. The van der Waals surface area contributed by atoms with E-state index in [0.717, 1.165) is 23.2 Å². The monoisotopic (exact) mass is 359 g/mol. The summed E-state index contributed by atoms with van der Waals surface area (Å²) in [5.74, 6) is 0.799. The zero-order valence-corrected chi connectivity index (χ0v) is 15.0. The number of hydrogen-bond acceptors (Lipinski definition) is 5. The van der Waals surface area contributed by atoms with Gasteiger partial charge in [0.25, 0.3) is 0 Å². The first-order valence-electron chi connectivity index (χ1n) is 8.51. The molecule has 0 unspecified atom stereocenters. The van der Waals surface area contributed by atoms with E-state index in [0.29, 0.717) is 32.1 Å². The molecule has 0 bridgehead atoms. The van der Waals surface area contributed by atoms with Crippen molar-refractivity contribution in [1.29, 1.82) is 0 Å². The van der Waals surface area contributed by atoms with Crippen molar-refractivity contribution in [1.82, 2.24) is 14.3 Å². The van der Waals surface area contributed by atoms with Crippen LogP contribution in [0.15, 0.2) is 36.5 Å². The number of nitrogens with zero attached hydrogens (tertiary/aromatic N) is 3. The lowest BCUT2D eigenvalue weighted by Gasteiger charge is -2.34. The van der Waals surface area contributed by atoms with Gasteiger partial charge in [-0.25, -0.2) is 22.7 Å². The van der Waals surface area contributed by atoms with Gasteiger partial charge in [-0.2, -0.15) is 0 Å². The van der Waals surface area contributed by atoms with Gasteiger partial charge in [-0.05, 0) is 13.3 Å². The molecule has 6 nitrogen and oxygen atoms in total. The van der Waals surface area contributed by atoms with Crippen LogP contribution >= 0.6 is 0 Å². The predicted octanol–water partition coefficient (Wildman–Crippen LogP) is 1.97. The third-order valence-corrected chi connectivity index (χ3v) is 6.94. The Bertz CT molecular complexity index is 886. The molecule has 0 amide bonds. The maximum absolute atomic E-state index is 12.3. The van der Waals surface area contributed by atoms with Crippen molar-refractivity contribution in [2.45, 2.75) is 25.4 Å². The van der Waals surface area contributed by atoms with Crippen LogP contribution in [-0.4, -0.2) is 48.1 Å². The molecule has 1 saturated heterocycles. The number of sulfonamides is 1. The van der Waals surface area contributed by atoms with Gasteiger partial charge >= 0.3 is 0 Å². The van der Waals surface area contributed by atoms with Crippen LogP contribution in [0.2, 0.25) is 0 Å². The van der Waals surface area contributed by atoms with Crippen LogP contribution in [0.3, 0.4) is 0 Å². The van der Waals surface area contributed by atoms with Crippen molar-refractivity contribution in [3.63, 3.8) is 0 Å². The van der Waals surface area contributed by atoms with Gasteiger partial charge in [0.2, 0.25) is 10.0 Å². The molecule has 1 aromatic carbocycles. The molecule has 0 radical (unpaired) electrons. The number of hydrogen-bond donors (Lipinski definition) is 0. The van der Waals surface area contributed by atoms with E-state index in [1.54, 1.807) is 11.2 Å². The lowest BCUT2D eigenvalue weighted by molar-refractivity contribution is 0.0532. The Kier molecular flexibility index (Phi) is 4.10. The smallest absolute Gasteiger partial charge is 0.213 e. The van der Waals surface area contributed by atoms with E-state index in [1.165, 1.54) is 0 Å². The van der Waals surface area contributed by atoms with Gasteiger partial charge < -0.3 is 4.74 Å². The molecule has 0 N–H and O–H groups in total. The first-order valence-corrected chi connectivity index (χ1v) is 10.1. The fourth-order valence-electron chi connectivity index (χ4n) is 3.69. The molecule has 1 fully saturated rings. The molecule has 2 aliphatic rings. The summed E-state index contributed by atoms with van der Waals surface area (Å²) >= 11 is 0. The third kappa shape index (κ3) is 2.86. The molecule has 4 rings (SSSR count). The van der Waals surface area contributed by atoms with E-state index >= 15 is 0 Å². The van der Waals surface area contributed by atoms with Crippen LogP contribution in [-0.2, 0) is 26.8 Å². The van der Waals surface area contributed by atoms with Gasteiger partial charge in [-0.15, -0.1) is 0 Å². The second-order valence-corrected chi connectivity index (χ2v) is 8.95.